The highest BCUT2D eigenvalue weighted by Gasteiger charge is 2.13. The zero-order valence-electron chi connectivity index (χ0n) is 12.7. The number of nitrogens with one attached hydrogen (secondary N) is 2. The SMILES string of the molecule is Cc1cc(C(=O)NC(C)CCCC(C)C)nc(NN)n1. The Morgan fingerprint density at radius 2 is 2.00 bits per heavy atom. The van der Waals surface area contributed by atoms with Gasteiger partial charge < -0.3 is 5.32 Å². The van der Waals surface area contributed by atoms with E-state index in [0.29, 0.717) is 17.3 Å². The van der Waals surface area contributed by atoms with Gasteiger partial charge in [-0.3, -0.25) is 10.2 Å². The summed E-state index contributed by atoms with van der Waals surface area (Å²) in [6, 6.07) is 1.78. The second-order valence-electron chi connectivity index (χ2n) is 5.56. The van der Waals surface area contributed by atoms with Crippen LogP contribution in [0.15, 0.2) is 6.07 Å². The number of nitrogens with zero attached hydrogens (tertiary/aromatic N) is 2. The summed E-state index contributed by atoms with van der Waals surface area (Å²) in [5.41, 5.74) is 3.39. The molecule has 1 atom stereocenters. The van der Waals surface area contributed by atoms with E-state index >= 15 is 0 Å². The molecule has 0 fully saturated rings. The van der Waals surface area contributed by atoms with E-state index in [1.807, 2.05) is 6.92 Å². The van der Waals surface area contributed by atoms with Crippen LogP contribution in [-0.4, -0.2) is 21.9 Å². The minimum atomic E-state index is -0.191. The van der Waals surface area contributed by atoms with E-state index in [1.54, 1.807) is 13.0 Å². The number of carbonyl (C=O) groups excluding carboxylic acids is 1. The number of amides is 1. The topological polar surface area (TPSA) is 92.9 Å². The first kappa shape index (κ1) is 16.4. The summed E-state index contributed by atoms with van der Waals surface area (Å²) < 4.78 is 0. The van der Waals surface area contributed by atoms with Gasteiger partial charge in [0.2, 0.25) is 5.95 Å². The van der Waals surface area contributed by atoms with Crippen molar-refractivity contribution in [2.75, 3.05) is 5.43 Å². The molecule has 1 aromatic rings. The van der Waals surface area contributed by atoms with Crippen molar-refractivity contribution in [1.29, 1.82) is 0 Å². The number of nitrogen functional groups attached to an aromatic ring is 1. The number of nitrogens with two attached hydrogens (primary N) is 1. The molecule has 0 aromatic carbocycles. The zero-order valence-corrected chi connectivity index (χ0v) is 12.7. The number of hydrogen-bond donors (Lipinski definition) is 3. The molecule has 1 amide bonds. The number of rotatable bonds is 7. The lowest BCUT2D eigenvalue weighted by Gasteiger charge is -2.14. The second-order valence-corrected chi connectivity index (χ2v) is 5.56. The van der Waals surface area contributed by atoms with Crippen molar-refractivity contribution in [3.8, 4) is 0 Å². The first-order valence-electron chi connectivity index (χ1n) is 7.05. The molecule has 0 saturated heterocycles. The smallest absolute Gasteiger partial charge is 0.270 e. The molecule has 1 aromatic heterocycles. The van der Waals surface area contributed by atoms with Gasteiger partial charge in [0.05, 0.1) is 0 Å². The third-order valence-corrected chi connectivity index (χ3v) is 3.01. The third-order valence-electron chi connectivity index (χ3n) is 3.01. The van der Waals surface area contributed by atoms with Gasteiger partial charge in [-0.05, 0) is 32.3 Å². The lowest BCUT2D eigenvalue weighted by atomic mass is 10.0. The Bertz CT molecular complexity index is 447. The maximum absolute atomic E-state index is 12.1. The van der Waals surface area contributed by atoms with Gasteiger partial charge in [-0.1, -0.05) is 26.7 Å². The third kappa shape index (κ3) is 5.52. The van der Waals surface area contributed by atoms with Gasteiger partial charge in [0.1, 0.15) is 5.69 Å². The maximum Gasteiger partial charge on any atom is 0.270 e. The summed E-state index contributed by atoms with van der Waals surface area (Å²) in [6.07, 6.45) is 3.25. The quantitative estimate of drug-likeness (QED) is 0.524. The van der Waals surface area contributed by atoms with Crippen LogP contribution in [0.3, 0.4) is 0 Å². The molecule has 0 aliphatic heterocycles. The molecule has 1 unspecified atom stereocenters. The Labute approximate surface area is 120 Å². The van der Waals surface area contributed by atoms with Crippen LogP contribution in [0.4, 0.5) is 5.95 Å². The van der Waals surface area contributed by atoms with Gasteiger partial charge in [0.15, 0.2) is 0 Å². The van der Waals surface area contributed by atoms with Crippen LogP contribution in [0.25, 0.3) is 0 Å². The maximum atomic E-state index is 12.1. The first-order chi connectivity index (χ1) is 9.42. The molecule has 6 nitrogen and oxygen atoms in total. The van der Waals surface area contributed by atoms with E-state index in [1.165, 1.54) is 6.42 Å². The van der Waals surface area contributed by atoms with Crippen molar-refractivity contribution in [2.45, 2.75) is 53.0 Å². The number of aromatic nitrogens is 2. The summed E-state index contributed by atoms with van der Waals surface area (Å²) in [5, 5.41) is 2.95. The molecule has 4 N–H and O–H groups in total. The lowest BCUT2D eigenvalue weighted by molar-refractivity contribution is 0.0932. The molecular weight excluding hydrogens is 254 g/mol. The minimum absolute atomic E-state index is 0.130. The Hall–Kier alpha value is -1.69. The minimum Gasteiger partial charge on any atom is -0.348 e. The van der Waals surface area contributed by atoms with Crippen LogP contribution in [0.2, 0.25) is 0 Å². The molecule has 0 saturated carbocycles. The molecule has 6 heteroatoms. The number of carbonyl (C=O) groups is 1. The predicted octanol–water partition coefficient (Wildman–Crippen LogP) is 2.02. The van der Waals surface area contributed by atoms with Crippen molar-refractivity contribution >= 4 is 11.9 Å². The lowest BCUT2D eigenvalue weighted by Crippen LogP contribution is -2.33. The van der Waals surface area contributed by atoms with Crippen molar-refractivity contribution in [1.82, 2.24) is 15.3 Å². The van der Waals surface area contributed by atoms with Crippen molar-refractivity contribution in [3.63, 3.8) is 0 Å². The van der Waals surface area contributed by atoms with Crippen LogP contribution in [0, 0.1) is 12.8 Å². The largest absolute Gasteiger partial charge is 0.348 e. The Morgan fingerprint density at radius 3 is 2.60 bits per heavy atom. The van der Waals surface area contributed by atoms with Crippen LogP contribution in [0.1, 0.15) is 56.2 Å². The fraction of sp³-hybridized carbons (Fsp3) is 0.643. The Morgan fingerprint density at radius 1 is 1.30 bits per heavy atom. The van der Waals surface area contributed by atoms with Crippen molar-refractivity contribution in [2.24, 2.45) is 11.8 Å². The second kappa shape index (κ2) is 7.79. The average molecular weight is 279 g/mol. The highest BCUT2D eigenvalue weighted by Crippen LogP contribution is 2.09. The predicted molar refractivity (Wildman–Crippen MR) is 80.2 cm³/mol. The van der Waals surface area contributed by atoms with Crippen LogP contribution >= 0.6 is 0 Å². The Kier molecular flexibility index (Phi) is 6.38. The summed E-state index contributed by atoms with van der Waals surface area (Å²) in [6.45, 7) is 8.21. The fourth-order valence-corrected chi connectivity index (χ4v) is 1.95. The summed E-state index contributed by atoms with van der Waals surface area (Å²) in [7, 11) is 0. The highest BCUT2D eigenvalue weighted by molar-refractivity contribution is 5.92. The zero-order chi connectivity index (χ0) is 15.1. The van der Waals surface area contributed by atoms with Crippen LogP contribution < -0.4 is 16.6 Å². The van der Waals surface area contributed by atoms with Gasteiger partial charge in [0.25, 0.3) is 5.91 Å². The molecule has 0 aliphatic rings. The number of anilines is 1. The van der Waals surface area contributed by atoms with Gasteiger partial charge in [-0.25, -0.2) is 15.8 Å². The first-order valence-corrected chi connectivity index (χ1v) is 7.05. The molecule has 0 radical (unpaired) electrons. The summed E-state index contributed by atoms with van der Waals surface area (Å²) in [4.78, 5) is 20.2. The van der Waals surface area contributed by atoms with Crippen LogP contribution in [-0.2, 0) is 0 Å². The monoisotopic (exact) mass is 279 g/mol. The summed E-state index contributed by atoms with van der Waals surface area (Å²) >= 11 is 0. The van der Waals surface area contributed by atoms with Gasteiger partial charge >= 0.3 is 0 Å². The molecule has 20 heavy (non-hydrogen) atoms. The average Bonchev–Trinajstić information content (AvgIpc) is 2.37. The highest BCUT2D eigenvalue weighted by atomic mass is 16.1. The molecule has 0 aliphatic carbocycles. The van der Waals surface area contributed by atoms with E-state index < -0.39 is 0 Å². The van der Waals surface area contributed by atoms with Crippen LogP contribution in [0.5, 0.6) is 0 Å². The van der Waals surface area contributed by atoms with Crippen molar-refractivity contribution in [3.05, 3.63) is 17.5 Å². The van der Waals surface area contributed by atoms with Gasteiger partial charge in [-0.15, -0.1) is 0 Å². The molecule has 1 heterocycles. The molecule has 1 rings (SSSR count). The van der Waals surface area contributed by atoms with E-state index in [0.717, 1.165) is 12.8 Å². The normalized spacial score (nSPS) is 12.3. The molecule has 0 bridgehead atoms. The molecular formula is C14H25N5O. The van der Waals surface area contributed by atoms with Gasteiger partial charge in [0, 0.05) is 11.7 Å². The van der Waals surface area contributed by atoms with E-state index in [9.17, 15) is 4.79 Å². The van der Waals surface area contributed by atoms with E-state index in [-0.39, 0.29) is 17.9 Å². The van der Waals surface area contributed by atoms with Gasteiger partial charge in [-0.2, -0.15) is 0 Å². The number of hydrogen-bond acceptors (Lipinski definition) is 5. The van der Waals surface area contributed by atoms with E-state index in [2.05, 4.69) is 34.6 Å². The number of hydrazine groups is 1. The number of aryl methyl sites for hydroxylation is 1. The molecule has 0 spiro atoms. The Balaban J connectivity index is 2.55. The molecule has 112 valence electrons. The standard InChI is InChI=1S/C14H25N5O/c1-9(2)6-5-7-10(3)16-13(20)12-8-11(4)17-14(18-12)19-15/h8-10H,5-7,15H2,1-4H3,(H,16,20)(H,17,18,19). The van der Waals surface area contributed by atoms with E-state index in [4.69, 9.17) is 5.84 Å². The fourth-order valence-electron chi connectivity index (χ4n) is 1.95. The summed E-state index contributed by atoms with van der Waals surface area (Å²) in [5.74, 6) is 6.03. The van der Waals surface area contributed by atoms with Crippen molar-refractivity contribution < 1.29 is 4.79 Å².